The van der Waals surface area contributed by atoms with Crippen molar-refractivity contribution in [3.8, 4) is 5.75 Å². The van der Waals surface area contributed by atoms with Crippen LogP contribution in [-0.4, -0.2) is 49.4 Å². The van der Waals surface area contributed by atoms with E-state index in [1.807, 2.05) is 6.92 Å². The molecule has 1 saturated heterocycles. The van der Waals surface area contributed by atoms with Gasteiger partial charge in [-0.25, -0.2) is 4.39 Å². The first-order valence-electron chi connectivity index (χ1n) is 6.58. The van der Waals surface area contributed by atoms with Gasteiger partial charge >= 0.3 is 0 Å². The van der Waals surface area contributed by atoms with Crippen LogP contribution in [0.4, 0.5) is 4.39 Å². The molecule has 0 bridgehead atoms. The van der Waals surface area contributed by atoms with Crippen molar-refractivity contribution in [2.75, 3.05) is 33.3 Å². The van der Waals surface area contributed by atoms with Gasteiger partial charge in [-0.15, -0.1) is 0 Å². The van der Waals surface area contributed by atoms with Crippen LogP contribution in [0.1, 0.15) is 18.5 Å². The van der Waals surface area contributed by atoms with Crippen LogP contribution in [0.3, 0.4) is 0 Å². The number of morpholine rings is 1. The van der Waals surface area contributed by atoms with Gasteiger partial charge in [0.25, 0.3) is 0 Å². The molecule has 5 heteroatoms. The zero-order valence-corrected chi connectivity index (χ0v) is 11.4. The fourth-order valence-electron chi connectivity index (χ4n) is 2.28. The van der Waals surface area contributed by atoms with Crippen molar-refractivity contribution in [2.45, 2.75) is 19.1 Å². The quantitative estimate of drug-likeness (QED) is 0.869. The van der Waals surface area contributed by atoms with E-state index in [2.05, 4.69) is 17.3 Å². The first kappa shape index (κ1) is 14.2. The van der Waals surface area contributed by atoms with Crippen LogP contribution in [0, 0.1) is 5.82 Å². The molecule has 2 rings (SSSR count). The predicted octanol–water partition coefficient (Wildman–Crippen LogP) is 1.51. The molecule has 0 radical (unpaired) electrons. The number of nitrogens with one attached hydrogen (secondary N) is 1. The van der Waals surface area contributed by atoms with Gasteiger partial charge in [0.15, 0.2) is 0 Å². The van der Waals surface area contributed by atoms with Crippen LogP contribution in [0.5, 0.6) is 5.75 Å². The van der Waals surface area contributed by atoms with Gasteiger partial charge in [0.1, 0.15) is 11.6 Å². The van der Waals surface area contributed by atoms with Crippen LogP contribution in [0.2, 0.25) is 0 Å². The Bertz CT molecular complexity index is 428. The summed E-state index contributed by atoms with van der Waals surface area (Å²) < 4.78 is 18.8. The molecule has 1 heterocycles. The Morgan fingerprint density at radius 2 is 2.37 bits per heavy atom. The summed E-state index contributed by atoms with van der Waals surface area (Å²) in [6.07, 6.45) is 0.136. The normalized spacial score (nSPS) is 22.4. The molecule has 0 aliphatic carbocycles. The highest BCUT2D eigenvalue weighted by molar-refractivity contribution is 5.34. The molecule has 2 atom stereocenters. The Labute approximate surface area is 113 Å². The Morgan fingerprint density at radius 3 is 3.11 bits per heavy atom. The molecule has 0 spiro atoms. The molecule has 1 aromatic carbocycles. The second kappa shape index (κ2) is 6.32. The molecular formula is C14H21FN2O2. The van der Waals surface area contributed by atoms with Crippen molar-refractivity contribution in [3.63, 3.8) is 0 Å². The number of ether oxygens (including phenoxy) is 1. The average molecular weight is 268 g/mol. The number of rotatable bonds is 4. The van der Waals surface area contributed by atoms with E-state index in [0.29, 0.717) is 12.1 Å². The maximum atomic E-state index is 13.2. The summed E-state index contributed by atoms with van der Waals surface area (Å²) in [7, 11) is 2.07. The highest BCUT2D eigenvalue weighted by Gasteiger charge is 2.19. The number of hydrogen-bond donors (Lipinski definition) is 2. The lowest BCUT2D eigenvalue weighted by atomic mass is 10.1. The SMILES string of the molecule is CC(NCC1CN(C)CCO1)c1cc(F)ccc1O. The smallest absolute Gasteiger partial charge is 0.123 e. The minimum atomic E-state index is -0.338. The topological polar surface area (TPSA) is 44.7 Å². The molecule has 2 unspecified atom stereocenters. The fraction of sp³-hybridized carbons (Fsp3) is 0.571. The van der Waals surface area contributed by atoms with Gasteiger partial charge in [0.05, 0.1) is 12.7 Å². The number of phenols is 1. The molecule has 19 heavy (non-hydrogen) atoms. The van der Waals surface area contributed by atoms with E-state index in [4.69, 9.17) is 4.74 Å². The Hall–Kier alpha value is -1.17. The average Bonchev–Trinajstić information content (AvgIpc) is 2.39. The molecule has 4 nitrogen and oxygen atoms in total. The minimum Gasteiger partial charge on any atom is -0.508 e. The summed E-state index contributed by atoms with van der Waals surface area (Å²) in [6.45, 7) is 5.16. The lowest BCUT2D eigenvalue weighted by Crippen LogP contribution is -2.45. The number of phenolic OH excluding ortho intramolecular Hbond substituents is 1. The van der Waals surface area contributed by atoms with Crippen molar-refractivity contribution in [3.05, 3.63) is 29.6 Å². The highest BCUT2D eigenvalue weighted by Crippen LogP contribution is 2.24. The zero-order chi connectivity index (χ0) is 13.8. The summed E-state index contributed by atoms with van der Waals surface area (Å²) in [5.74, 6) is -0.224. The standard InChI is InChI=1S/C14H21FN2O2/c1-10(13-7-11(15)3-4-14(13)18)16-8-12-9-17(2)5-6-19-12/h3-4,7,10,12,16,18H,5-6,8-9H2,1-2H3. The fourth-order valence-corrected chi connectivity index (χ4v) is 2.28. The van der Waals surface area contributed by atoms with Crippen molar-refractivity contribution >= 4 is 0 Å². The first-order valence-corrected chi connectivity index (χ1v) is 6.58. The van der Waals surface area contributed by atoms with Gasteiger partial charge in [-0.3, -0.25) is 0 Å². The van der Waals surface area contributed by atoms with Crippen molar-refractivity contribution in [2.24, 2.45) is 0 Å². The van der Waals surface area contributed by atoms with Crippen molar-refractivity contribution < 1.29 is 14.2 Å². The third-order valence-corrected chi connectivity index (χ3v) is 3.45. The maximum Gasteiger partial charge on any atom is 0.123 e. The summed E-state index contributed by atoms with van der Waals surface area (Å²) in [4.78, 5) is 2.22. The maximum absolute atomic E-state index is 13.2. The van der Waals surface area contributed by atoms with Gasteiger partial charge < -0.3 is 20.1 Å². The summed E-state index contributed by atoms with van der Waals surface area (Å²) in [6, 6.07) is 3.88. The summed E-state index contributed by atoms with van der Waals surface area (Å²) in [5, 5.41) is 13.0. The number of likely N-dealkylation sites (N-methyl/N-ethyl adjacent to an activating group) is 1. The van der Waals surface area contributed by atoms with Gasteiger partial charge in [0.2, 0.25) is 0 Å². The van der Waals surface area contributed by atoms with E-state index in [1.165, 1.54) is 18.2 Å². The molecule has 0 saturated carbocycles. The molecular weight excluding hydrogens is 247 g/mol. The first-order chi connectivity index (χ1) is 9.06. The second-order valence-corrected chi connectivity index (χ2v) is 5.09. The molecule has 1 aliphatic rings. The van der Waals surface area contributed by atoms with E-state index in [1.54, 1.807) is 0 Å². The lowest BCUT2D eigenvalue weighted by molar-refractivity contribution is -0.0191. The molecule has 2 N–H and O–H groups in total. The Morgan fingerprint density at radius 1 is 1.58 bits per heavy atom. The number of nitrogens with zero attached hydrogens (tertiary/aromatic N) is 1. The van der Waals surface area contributed by atoms with E-state index in [0.717, 1.165) is 19.7 Å². The van der Waals surface area contributed by atoms with E-state index >= 15 is 0 Å². The molecule has 1 fully saturated rings. The monoisotopic (exact) mass is 268 g/mol. The van der Waals surface area contributed by atoms with Gasteiger partial charge in [-0.05, 0) is 32.2 Å². The van der Waals surface area contributed by atoms with E-state index in [-0.39, 0.29) is 23.7 Å². The van der Waals surface area contributed by atoms with E-state index < -0.39 is 0 Å². The third-order valence-electron chi connectivity index (χ3n) is 3.45. The number of aromatic hydroxyl groups is 1. The third kappa shape index (κ3) is 3.89. The molecule has 0 amide bonds. The Balaban J connectivity index is 1.90. The molecule has 1 aromatic rings. The number of hydrogen-bond acceptors (Lipinski definition) is 4. The van der Waals surface area contributed by atoms with Crippen LogP contribution in [0.15, 0.2) is 18.2 Å². The number of halogens is 1. The van der Waals surface area contributed by atoms with Gasteiger partial charge in [0, 0.05) is 31.2 Å². The minimum absolute atomic E-state index is 0.114. The summed E-state index contributed by atoms with van der Waals surface area (Å²) in [5.41, 5.74) is 0.573. The predicted molar refractivity (Wildman–Crippen MR) is 71.7 cm³/mol. The van der Waals surface area contributed by atoms with Crippen LogP contribution >= 0.6 is 0 Å². The van der Waals surface area contributed by atoms with Gasteiger partial charge in [-0.2, -0.15) is 0 Å². The molecule has 0 aromatic heterocycles. The van der Waals surface area contributed by atoms with Crippen molar-refractivity contribution in [1.82, 2.24) is 10.2 Å². The largest absolute Gasteiger partial charge is 0.508 e. The molecule has 1 aliphatic heterocycles. The summed E-state index contributed by atoms with van der Waals surface area (Å²) >= 11 is 0. The van der Waals surface area contributed by atoms with Crippen LogP contribution in [-0.2, 0) is 4.74 Å². The highest BCUT2D eigenvalue weighted by atomic mass is 19.1. The second-order valence-electron chi connectivity index (χ2n) is 5.09. The Kier molecular flexibility index (Phi) is 4.74. The van der Waals surface area contributed by atoms with Crippen LogP contribution < -0.4 is 5.32 Å². The van der Waals surface area contributed by atoms with Crippen molar-refractivity contribution in [1.29, 1.82) is 0 Å². The van der Waals surface area contributed by atoms with E-state index in [9.17, 15) is 9.50 Å². The number of benzene rings is 1. The molecule has 106 valence electrons. The lowest BCUT2D eigenvalue weighted by Gasteiger charge is -2.31. The zero-order valence-electron chi connectivity index (χ0n) is 11.4. The van der Waals surface area contributed by atoms with Gasteiger partial charge in [-0.1, -0.05) is 0 Å². The van der Waals surface area contributed by atoms with Crippen LogP contribution in [0.25, 0.3) is 0 Å².